The molecule has 1 amide bonds. The first-order valence-electron chi connectivity index (χ1n) is 10.5. The minimum Gasteiger partial charge on any atom is -0.376 e. The lowest BCUT2D eigenvalue weighted by Crippen LogP contribution is -2.45. The monoisotopic (exact) mass is 414 g/mol. The van der Waals surface area contributed by atoms with E-state index in [2.05, 4.69) is 0 Å². The van der Waals surface area contributed by atoms with Gasteiger partial charge in [-0.05, 0) is 44.2 Å². The number of para-hydroxylation sites is 1. The zero-order valence-corrected chi connectivity index (χ0v) is 17.2. The van der Waals surface area contributed by atoms with Gasteiger partial charge in [-0.15, -0.1) is 0 Å². The van der Waals surface area contributed by atoms with E-state index in [4.69, 9.17) is 9.72 Å². The summed E-state index contributed by atoms with van der Waals surface area (Å²) in [4.78, 5) is 20.3. The van der Waals surface area contributed by atoms with Gasteiger partial charge in [0.15, 0.2) is 9.84 Å². The van der Waals surface area contributed by atoms with E-state index in [1.807, 2.05) is 30.3 Å². The van der Waals surface area contributed by atoms with Crippen LogP contribution in [0.3, 0.4) is 0 Å². The van der Waals surface area contributed by atoms with Gasteiger partial charge in [0, 0.05) is 36.2 Å². The maximum atomic E-state index is 13.8. The van der Waals surface area contributed by atoms with Crippen LogP contribution in [-0.4, -0.2) is 61.0 Å². The number of aromatic nitrogens is 1. The average molecular weight is 415 g/mol. The summed E-state index contributed by atoms with van der Waals surface area (Å²) in [5.74, 6) is 0.536. The van der Waals surface area contributed by atoms with Gasteiger partial charge in [-0.3, -0.25) is 9.78 Å². The van der Waals surface area contributed by atoms with Gasteiger partial charge in [0.2, 0.25) is 0 Å². The van der Waals surface area contributed by atoms with Crippen LogP contribution >= 0.6 is 0 Å². The lowest BCUT2D eigenvalue weighted by atomic mass is 10.0. The zero-order valence-electron chi connectivity index (χ0n) is 16.4. The van der Waals surface area contributed by atoms with Gasteiger partial charge in [-0.1, -0.05) is 18.2 Å². The van der Waals surface area contributed by atoms with Crippen molar-refractivity contribution in [1.82, 2.24) is 9.88 Å². The molecule has 3 heterocycles. The third kappa shape index (κ3) is 3.90. The highest BCUT2D eigenvalue weighted by Gasteiger charge is 2.37. The van der Waals surface area contributed by atoms with E-state index in [0.29, 0.717) is 31.1 Å². The Balaban J connectivity index is 1.54. The van der Waals surface area contributed by atoms with Crippen LogP contribution in [0.2, 0.25) is 0 Å². The van der Waals surface area contributed by atoms with Crippen molar-refractivity contribution in [3.05, 3.63) is 41.6 Å². The molecule has 3 fully saturated rings. The molecular weight excluding hydrogens is 388 g/mol. The molecular formula is C22H26N2O4S. The van der Waals surface area contributed by atoms with Gasteiger partial charge in [-0.25, -0.2) is 8.42 Å². The molecule has 2 atom stereocenters. The SMILES string of the molecule is O=C(c1cc(C2CC2)nc2ccccc12)N(C[C@@H]1CCCO1)[C@@H]1CCS(=O)(=O)C1. The smallest absolute Gasteiger partial charge is 0.254 e. The number of fused-ring (bicyclic) bond motifs is 1. The van der Waals surface area contributed by atoms with Gasteiger partial charge < -0.3 is 9.64 Å². The number of ether oxygens (including phenoxy) is 1. The molecule has 6 nitrogen and oxygen atoms in total. The minimum absolute atomic E-state index is 0.0155. The van der Waals surface area contributed by atoms with Crippen molar-refractivity contribution in [2.45, 2.75) is 50.2 Å². The number of nitrogens with zero attached hydrogens (tertiary/aromatic N) is 2. The quantitative estimate of drug-likeness (QED) is 0.752. The Bertz CT molecular complexity index is 1040. The van der Waals surface area contributed by atoms with E-state index in [1.54, 1.807) is 4.90 Å². The number of rotatable bonds is 5. The Hall–Kier alpha value is -1.99. The van der Waals surface area contributed by atoms with Crippen LogP contribution in [0.5, 0.6) is 0 Å². The van der Waals surface area contributed by atoms with Gasteiger partial charge in [0.1, 0.15) is 0 Å². The second-order valence-corrected chi connectivity index (χ2v) is 10.8. The molecule has 2 aliphatic heterocycles. The van der Waals surface area contributed by atoms with Crippen molar-refractivity contribution < 1.29 is 17.9 Å². The van der Waals surface area contributed by atoms with Crippen molar-refractivity contribution >= 4 is 26.6 Å². The molecule has 0 bridgehead atoms. The number of benzene rings is 1. The summed E-state index contributed by atoms with van der Waals surface area (Å²) in [7, 11) is -3.09. The third-order valence-corrected chi connectivity index (χ3v) is 8.05. The molecule has 1 aromatic heterocycles. The fourth-order valence-corrected chi connectivity index (χ4v) is 6.27. The Labute approximate surface area is 171 Å². The molecule has 0 unspecified atom stereocenters. The molecule has 1 saturated carbocycles. The lowest BCUT2D eigenvalue weighted by molar-refractivity contribution is 0.0442. The molecule has 154 valence electrons. The molecule has 7 heteroatoms. The maximum absolute atomic E-state index is 13.8. The lowest BCUT2D eigenvalue weighted by Gasteiger charge is -2.31. The van der Waals surface area contributed by atoms with Crippen molar-refractivity contribution in [3.8, 4) is 0 Å². The largest absolute Gasteiger partial charge is 0.376 e. The second kappa shape index (κ2) is 7.36. The number of pyridine rings is 1. The second-order valence-electron chi connectivity index (χ2n) is 8.54. The van der Waals surface area contributed by atoms with Crippen molar-refractivity contribution in [2.75, 3.05) is 24.7 Å². The van der Waals surface area contributed by atoms with Gasteiger partial charge in [0.25, 0.3) is 5.91 Å². The summed E-state index contributed by atoms with van der Waals surface area (Å²) >= 11 is 0. The summed E-state index contributed by atoms with van der Waals surface area (Å²) in [5.41, 5.74) is 2.44. The van der Waals surface area contributed by atoms with Gasteiger partial charge in [0.05, 0.1) is 28.7 Å². The van der Waals surface area contributed by atoms with E-state index in [0.717, 1.165) is 42.3 Å². The van der Waals surface area contributed by atoms with Crippen molar-refractivity contribution in [3.63, 3.8) is 0 Å². The standard InChI is InChI=1S/C22H26N2O4S/c25-22(19-12-21(15-7-8-15)23-20-6-2-1-5-18(19)20)24(13-17-4-3-10-28-17)16-9-11-29(26,27)14-16/h1-2,5-6,12,15-17H,3-4,7-11,13-14H2/t16-,17+/m1/s1. The molecule has 2 aromatic rings. The topological polar surface area (TPSA) is 76.6 Å². The molecule has 2 saturated heterocycles. The average Bonchev–Trinajstić information content (AvgIpc) is 3.32. The highest BCUT2D eigenvalue weighted by atomic mass is 32.2. The van der Waals surface area contributed by atoms with Crippen LogP contribution in [0.25, 0.3) is 10.9 Å². The zero-order chi connectivity index (χ0) is 20.0. The number of sulfone groups is 1. The number of carbonyl (C=O) groups excluding carboxylic acids is 1. The van der Waals surface area contributed by atoms with E-state index < -0.39 is 9.84 Å². The van der Waals surface area contributed by atoms with Crippen LogP contribution in [0.1, 0.15) is 54.1 Å². The molecule has 0 radical (unpaired) electrons. The molecule has 5 rings (SSSR count). The summed E-state index contributed by atoms with van der Waals surface area (Å²) in [5, 5.41) is 0.833. The number of hydrogen-bond donors (Lipinski definition) is 0. The molecule has 1 aromatic carbocycles. The molecule has 0 N–H and O–H groups in total. The highest BCUT2D eigenvalue weighted by Crippen LogP contribution is 2.40. The Morgan fingerprint density at radius 1 is 1.17 bits per heavy atom. The molecule has 3 aliphatic rings. The van der Waals surface area contributed by atoms with Crippen LogP contribution in [0.4, 0.5) is 0 Å². The summed E-state index contributed by atoms with van der Waals surface area (Å²) in [6.45, 7) is 1.16. The molecule has 0 spiro atoms. The Morgan fingerprint density at radius 2 is 2.00 bits per heavy atom. The first kappa shape index (κ1) is 19.0. The van der Waals surface area contributed by atoms with Gasteiger partial charge >= 0.3 is 0 Å². The fraction of sp³-hybridized carbons (Fsp3) is 0.545. The first-order chi connectivity index (χ1) is 14.0. The molecule has 29 heavy (non-hydrogen) atoms. The van der Waals surface area contributed by atoms with E-state index in [1.165, 1.54) is 0 Å². The number of hydrogen-bond acceptors (Lipinski definition) is 5. The molecule has 1 aliphatic carbocycles. The van der Waals surface area contributed by atoms with Crippen molar-refractivity contribution in [2.24, 2.45) is 0 Å². The fourth-order valence-electron chi connectivity index (χ4n) is 4.54. The van der Waals surface area contributed by atoms with Crippen LogP contribution < -0.4 is 0 Å². The van der Waals surface area contributed by atoms with E-state index in [9.17, 15) is 13.2 Å². The number of carbonyl (C=O) groups is 1. The summed E-state index contributed by atoms with van der Waals surface area (Å²) in [6, 6.07) is 9.39. The normalized spacial score (nSPS) is 26.1. The predicted octanol–water partition coefficient (Wildman–Crippen LogP) is 2.92. The van der Waals surface area contributed by atoms with Crippen LogP contribution in [-0.2, 0) is 14.6 Å². The predicted molar refractivity (Wildman–Crippen MR) is 111 cm³/mol. The maximum Gasteiger partial charge on any atom is 0.254 e. The van der Waals surface area contributed by atoms with Crippen LogP contribution in [0, 0.1) is 0 Å². The first-order valence-corrected chi connectivity index (χ1v) is 12.3. The Morgan fingerprint density at radius 3 is 2.69 bits per heavy atom. The minimum atomic E-state index is -3.09. The summed E-state index contributed by atoms with van der Waals surface area (Å²) < 4.78 is 30.0. The highest BCUT2D eigenvalue weighted by molar-refractivity contribution is 7.91. The third-order valence-electron chi connectivity index (χ3n) is 6.30. The van der Waals surface area contributed by atoms with Crippen LogP contribution in [0.15, 0.2) is 30.3 Å². The number of amides is 1. The Kier molecular flexibility index (Phi) is 4.82. The van der Waals surface area contributed by atoms with Crippen molar-refractivity contribution in [1.29, 1.82) is 0 Å². The summed E-state index contributed by atoms with van der Waals surface area (Å²) in [6.07, 6.45) is 4.60. The van der Waals surface area contributed by atoms with Gasteiger partial charge in [-0.2, -0.15) is 0 Å². The van der Waals surface area contributed by atoms with E-state index in [-0.39, 0.29) is 29.6 Å². The van der Waals surface area contributed by atoms with E-state index >= 15 is 0 Å².